The van der Waals surface area contributed by atoms with Gasteiger partial charge in [-0.25, -0.2) is 0 Å². The number of aliphatic hydroxyl groups is 1. The molecule has 0 saturated carbocycles. The molecule has 6 N–H and O–H groups in total. The van der Waals surface area contributed by atoms with Gasteiger partial charge in [0.15, 0.2) is 0 Å². The first-order valence-electron chi connectivity index (χ1n) is 27.6. The second-order valence-corrected chi connectivity index (χ2v) is 23.1. The van der Waals surface area contributed by atoms with Crippen molar-refractivity contribution in [2.45, 2.75) is 196 Å². The van der Waals surface area contributed by atoms with Crippen LogP contribution in [-0.4, -0.2) is 210 Å². The molecule has 0 aliphatic heterocycles. The Bertz CT molecular complexity index is 2050. The summed E-state index contributed by atoms with van der Waals surface area (Å²) in [5, 5.41) is 19.9. The van der Waals surface area contributed by atoms with Crippen LogP contribution in [0.15, 0.2) is 12.2 Å². The molecule has 0 unspecified atom stereocenters. The van der Waals surface area contributed by atoms with Crippen LogP contribution in [0.2, 0.25) is 0 Å². The molecule has 0 saturated heterocycles. The summed E-state index contributed by atoms with van der Waals surface area (Å²) in [5.41, 5.74) is 6.13. The van der Waals surface area contributed by atoms with E-state index in [2.05, 4.69) is 16.0 Å². The number of allylic oxidation sites excluding steroid dienone is 2. The minimum atomic E-state index is -1.55. The minimum absolute atomic E-state index is 0.0103. The van der Waals surface area contributed by atoms with Gasteiger partial charge < -0.3 is 60.9 Å². The Kier molecular flexibility index (Phi) is 31.3. The monoisotopic (exact) mass is 1110 g/mol. The highest BCUT2D eigenvalue weighted by Gasteiger charge is 2.45. The maximum Gasteiger partial charge on any atom is 0.325 e. The van der Waals surface area contributed by atoms with E-state index in [0.29, 0.717) is 12.8 Å². The number of ether oxygens (including phenoxy) is 1. The number of hydrogen-bond donors (Lipinski definition) is 5. The van der Waals surface area contributed by atoms with Crippen LogP contribution >= 0.6 is 0 Å². The summed E-state index contributed by atoms with van der Waals surface area (Å²) in [5.74, 6) is -7.85. The number of carbonyl (C=O) groups excluding carboxylic acids is 10. The van der Waals surface area contributed by atoms with Crippen molar-refractivity contribution in [3.05, 3.63) is 12.2 Å². The van der Waals surface area contributed by atoms with Gasteiger partial charge in [-0.1, -0.05) is 95.2 Å². The van der Waals surface area contributed by atoms with Crippen molar-refractivity contribution >= 4 is 59.1 Å². The molecule has 0 aromatic rings. The number of aliphatic hydroxyl groups excluding tert-OH is 1. The molecule has 0 fully saturated rings. The van der Waals surface area contributed by atoms with Gasteiger partial charge in [0.05, 0.1) is 19.3 Å². The molecule has 11 atom stereocenters. The molecule has 0 heterocycles. The summed E-state index contributed by atoms with van der Waals surface area (Å²) >= 11 is 0. The maximum atomic E-state index is 15.0. The number of amides is 9. The van der Waals surface area contributed by atoms with Crippen molar-refractivity contribution < 1.29 is 57.8 Å². The lowest BCUT2D eigenvalue weighted by atomic mass is 9.91. The average Bonchev–Trinajstić information content (AvgIpc) is 3.36. The molecule has 448 valence electrons. The first-order chi connectivity index (χ1) is 36.0. The topological polar surface area (TPSA) is 282 Å². The number of nitrogens with zero attached hydrogens (tertiary/aromatic N) is 6. The number of rotatable bonds is 32. The molecule has 0 radical (unpaired) electrons. The molecule has 22 heteroatoms. The third-order valence-electron chi connectivity index (χ3n) is 14.2. The van der Waals surface area contributed by atoms with Crippen LogP contribution in [0.3, 0.4) is 0 Å². The van der Waals surface area contributed by atoms with Gasteiger partial charge in [-0.2, -0.15) is 0 Å². The van der Waals surface area contributed by atoms with Gasteiger partial charge in [0.2, 0.25) is 53.2 Å². The van der Waals surface area contributed by atoms with Crippen LogP contribution in [0.5, 0.6) is 0 Å². The van der Waals surface area contributed by atoms with Crippen LogP contribution in [-0.2, 0) is 52.7 Å². The van der Waals surface area contributed by atoms with Gasteiger partial charge >= 0.3 is 5.97 Å². The molecule has 0 spiro atoms. The first-order valence-corrected chi connectivity index (χ1v) is 27.6. The van der Waals surface area contributed by atoms with Crippen LogP contribution in [0, 0.1) is 35.5 Å². The molecule has 78 heavy (non-hydrogen) atoms. The Morgan fingerprint density at radius 3 is 1.40 bits per heavy atom. The second kappa shape index (κ2) is 33.7. The fourth-order valence-corrected chi connectivity index (χ4v) is 9.10. The molecule has 0 aromatic heterocycles. The van der Waals surface area contributed by atoms with Crippen molar-refractivity contribution in [1.82, 2.24) is 45.3 Å². The summed E-state index contributed by atoms with van der Waals surface area (Å²) in [7, 11) is 9.75. The molecule has 9 amide bonds. The Morgan fingerprint density at radius 1 is 0.526 bits per heavy atom. The highest BCUT2D eigenvalue weighted by Crippen LogP contribution is 2.25. The van der Waals surface area contributed by atoms with E-state index in [9.17, 15) is 53.1 Å². The molecule has 0 aliphatic carbocycles. The van der Waals surface area contributed by atoms with Crippen molar-refractivity contribution in [1.29, 1.82) is 0 Å². The van der Waals surface area contributed by atoms with E-state index in [0.717, 1.165) is 9.80 Å². The minimum Gasteiger partial charge on any atom is -0.468 e. The van der Waals surface area contributed by atoms with Crippen molar-refractivity contribution in [3.63, 3.8) is 0 Å². The highest BCUT2D eigenvalue weighted by molar-refractivity contribution is 5.98. The fraction of sp³-hybridized carbons (Fsp3) is 0.786. The zero-order chi connectivity index (χ0) is 61.0. The molecule has 0 rings (SSSR count). The largest absolute Gasteiger partial charge is 0.468 e. The van der Waals surface area contributed by atoms with Crippen molar-refractivity contribution in [3.8, 4) is 0 Å². The van der Waals surface area contributed by atoms with Gasteiger partial charge in [-0.3, -0.25) is 47.9 Å². The fourth-order valence-electron chi connectivity index (χ4n) is 9.10. The van der Waals surface area contributed by atoms with Crippen LogP contribution in [0.4, 0.5) is 0 Å². The first kappa shape index (κ1) is 72.4. The summed E-state index contributed by atoms with van der Waals surface area (Å²) in [6.07, 6.45) is 3.22. The van der Waals surface area contributed by atoms with E-state index in [1.54, 1.807) is 54.5 Å². The molecule has 0 aromatic carbocycles. The standard InChI is InChI=1S/C56H102N10O12/c1-23-25-26-36(13)47(68)46(50(71)60-39(24-2)52(73)61(16)30-43(67)78-22)66(21)56(77)45(35(11)12)65(20)54(75)42(29-33(7)8)64(19)53(74)41(28-32(5)6)63(18)51(72)38(15)59-48(69)37(14)58-49(70)40(27-31(3)4)62(17)55(76)44(57)34(9)10/h23,25,31-42,44-47,68H,24,26-30,57H2,1-22H3,(H,58,70)(H,59,69)(H,60,71)/b25-23+/t36-,37+,38-,39+,40-,41-,42+,44+,45+,46+,47+/m0/s1. The van der Waals surface area contributed by atoms with E-state index in [1.807, 2.05) is 47.6 Å². The Morgan fingerprint density at radius 2 is 0.962 bits per heavy atom. The lowest BCUT2D eigenvalue weighted by Crippen LogP contribution is -2.63. The smallest absolute Gasteiger partial charge is 0.325 e. The Hall–Kier alpha value is -5.64. The highest BCUT2D eigenvalue weighted by atomic mass is 16.5. The number of carbonyl (C=O) groups is 10. The molecular formula is C56H102N10O12. The number of methoxy groups -OCH3 is 1. The third-order valence-corrected chi connectivity index (χ3v) is 14.2. The lowest BCUT2D eigenvalue weighted by Gasteiger charge is -2.41. The summed E-state index contributed by atoms with van der Waals surface area (Å²) < 4.78 is 4.70. The number of nitrogens with one attached hydrogen (secondary N) is 3. The van der Waals surface area contributed by atoms with E-state index in [4.69, 9.17) is 10.5 Å². The predicted molar refractivity (Wildman–Crippen MR) is 300 cm³/mol. The van der Waals surface area contributed by atoms with Crippen LogP contribution in [0.1, 0.15) is 136 Å². The SMILES string of the molecule is C/C=C/C[C@H](C)[C@@H](O)[C@H](C(=O)N[C@H](CC)C(=O)N(C)CC(=O)OC)N(C)C(=O)[C@@H](C(C)C)N(C)C(=O)[C@@H](CC(C)C)N(C)C(=O)[C@H](CC(C)C)N(C)C(=O)[C@H](C)NC(=O)[C@@H](C)NC(=O)[C@H](CC(C)C)N(C)C(=O)[C@H](N)C(C)C. The third kappa shape index (κ3) is 21.2. The average molecular weight is 1110 g/mol. The summed E-state index contributed by atoms with van der Waals surface area (Å²) in [6, 6.07) is -10.3. The quantitative estimate of drug-likeness (QED) is 0.0479. The normalized spacial score (nSPS) is 16.0. The van der Waals surface area contributed by atoms with Crippen molar-refractivity contribution in [2.75, 3.05) is 55.9 Å². The molecule has 0 aliphatic rings. The van der Waals surface area contributed by atoms with Gasteiger partial charge in [0, 0.05) is 42.3 Å². The van der Waals surface area contributed by atoms with Gasteiger partial charge in [0.25, 0.3) is 0 Å². The lowest BCUT2D eigenvalue weighted by molar-refractivity contribution is -0.157. The summed E-state index contributed by atoms with van der Waals surface area (Å²) in [4.78, 5) is 146. The van der Waals surface area contributed by atoms with Crippen LogP contribution in [0.25, 0.3) is 0 Å². The Labute approximate surface area is 466 Å². The second-order valence-electron chi connectivity index (χ2n) is 23.1. The zero-order valence-corrected chi connectivity index (χ0v) is 51.3. The van der Waals surface area contributed by atoms with E-state index < -0.39 is 131 Å². The van der Waals surface area contributed by atoms with Gasteiger partial charge in [0.1, 0.15) is 54.9 Å². The molecule has 22 nitrogen and oxygen atoms in total. The number of hydrogen-bond acceptors (Lipinski definition) is 13. The van der Waals surface area contributed by atoms with Gasteiger partial charge in [-0.15, -0.1) is 0 Å². The Balaban J connectivity index is 6.97. The maximum absolute atomic E-state index is 15.0. The van der Waals surface area contributed by atoms with Crippen molar-refractivity contribution in [2.24, 2.45) is 41.2 Å². The van der Waals surface area contributed by atoms with E-state index >= 15 is 0 Å². The molecular weight excluding hydrogens is 1000 g/mol. The zero-order valence-electron chi connectivity index (χ0n) is 51.3. The number of nitrogens with two attached hydrogens (primary N) is 1. The van der Waals surface area contributed by atoms with E-state index in [1.165, 1.54) is 82.8 Å². The molecule has 0 bridgehead atoms. The van der Waals surface area contributed by atoms with Gasteiger partial charge in [-0.05, 0) is 88.4 Å². The predicted octanol–water partition coefficient (Wildman–Crippen LogP) is 2.40. The van der Waals surface area contributed by atoms with E-state index in [-0.39, 0.29) is 49.5 Å². The number of esters is 1. The summed E-state index contributed by atoms with van der Waals surface area (Å²) in [6.45, 7) is 26.1. The number of likely N-dealkylation sites (N-methyl/N-ethyl adjacent to an activating group) is 6. The van der Waals surface area contributed by atoms with Crippen LogP contribution < -0.4 is 21.7 Å².